The zero-order valence-corrected chi connectivity index (χ0v) is 12.0. The average molecular weight is 279 g/mol. The first kappa shape index (κ1) is 13.8. The molecule has 1 atom stereocenters. The Balaban J connectivity index is 2.02. The molecule has 0 spiro atoms. The predicted octanol–water partition coefficient (Wildman–Crippen LogP) is 2.97. The van der Waals surface area contributed by atoms with Crippen LogP contribution < -0.4 is 10.6 Å². The number of aromatic nitrogens is 1. The zero-order valence-electron chi connectivity index (χ0n) is 11.2. The maximum atomic E-state index is 11.9. The van der Waals surface area contributed by atoms with Gasteiger partial charge in [0.15, 0.2) is 5.13 Å². The van der Waals surface area contributed by atoms with Gasteiger partial charge in [0.1, 0.15) is 12.0 Å². The van der Waals surface area contributed by atoms with Crippen LogP contribution >= 0.6 is 11.3 Å². The van der Waals surface area contributed by atoms with Crippen molar-refractivity contribution in [1.82, 2.24) is 10.3 Å². The highest BCUT2D eigenvalue weighted by molar-refractivity contribution is 7.14. The van der Waals surface area contributed by atoms with Crippen molar-refractivity contribution >= 4 is 22.4 Å². The summed E-state index contributed by atoms with van der Waals surface area (Å²) in [4.78, 5) is 16.3. The lowest BCUT2D eigenvalue weighted by atomic mass is 10.2. The van der Waals surface area contributed by atoms with Gasteiger partial charge in [0, 0.05) is 11.4 Å². The van der Waals surface area contributed by atoms with Gasteiger partial charge in [0.25, 0.3) is 5.91 Å². The van der Waals surface area contributed by atoms with Crippen molar-refractivity contribution in [2.24, 2.45) is 0 Å². The molecule has 0 saturated carbocycles. The minimum Gasteiger partial charge on any atom is -0.469 e. The van der Waals surface area contributed by atoms with Gasteiger partial charge in [-0.2, -0.15) is 0 Å². The van der Waals surface area contributed by atoms with Gasteiger partial charge in [-0.3, -0.25) is 10.1 Å². The summed E-state index contributed by atoms with van der Waals surface area (Å²) in [6.45, 7) is 6.78. The number of carbonyl (C=O) groups is 1. The fraction of sp³-hybridized carbons (Fsp3) is 0.385. The van der Waals surface area contributed by atoms with E-state index in [1.807, 2.05) is 19.2 Å². The number of nitrogens with one attached hydrogen (secondary N) is 2. The van der Waals surface area contributed by atoms with E-state index < -0.39 is 0 Å². The molecule has 1 amide bonds. The molecule has 0 aliphatic rings. The summed E-state index contributed by atoms with van der Waals surface area (Å²) in [6.07, 6.45) is 1.44. The molecule has 1 unspecified atom stereocenters. The first-order valence-corrected chi connectivity index (χ1v) is 7.03. The molecule has 5 nitrogen and oxygen atoms in total. The molecule has 0 bridgehead atoms. The van der Waals surface area contributed by atoms with Crippen molar-refractivity contribution in [2.45, 2.75) is 26.8 Å². The smallest absolute Gasteiger partial charge is 0.260 e. The van der Waals surface area contributed by atoms with E-state index in [1.54, 1.807) is 13.0 Å². The first-order chi connectivity index (χ1) is 9.10. The van der Waals surface area contributed by atoms with Gasteiger partial charge < -0.3 is 9.73 Å². The first-order valence-electron chi connectivity index (χ1n) is 6.15. The second-order valence-corrected chi connectivity index (χ2v) is 5.12. The van der Waals surface area contributed by atoms with E-state index in [0.717, 1.165) is 12.2 Å². The third kappa shape index (κ3) is 3.42. The monoisotopic (exact) mass is 279 g/mol. The molecule has 2 heterocycles. The predicted molar refractivity (Wildman–Crippen MR) is 75.6 cm³/mol. The lowest BCUT2D eigenvalue weighted by Gasteiger charge is -2.08. The summed E-state index contributed by atoms with van der Waals surface area (Å²) in [5.41, 5.74) is 1.44. The summed E-state index contributed by atoms with van der Waals surface area (Å²) in [5, 5.41) is 8.60. The van der Waals surface area contributed by atoms with Crippen LogP contribution in [0.5, 0.6) is 0 Å². The minimum atomic E-state index is -0.200. The third-order valence-corrected chi connectivity index (χ3v) is 3.47. The summed E-state index contributed by atoms with van der Waals surface area (Å²) >= 11 is 1.42. The highest BCUT2D eigenvalue weighted by atomic mass is 32.1. The van der Waals surface area contributed by atoms with Gasteiger partial charge in [0.2, 0.25) is 0 Å². The van der Waals surface area contributed by atoms with E-state index in [0.29, 0.717) is 16.5 Å². The van der Waals surface area contributed by atoms with E-state index in [9.17, 15) is 4.79 Å². The topological polar surface area (TPSA) is 67.2 Å². The molecule has 19 heavy (non-hydrogen) atoms. The second kappa shape index (κ2) is 5.99. The highest BCUT2D eigenvalue weighted by Crippen LogP contribution is 2.21. The van der Waals surface area contributed by atoms with Crippen molar-refractivity contribution in [3.05, 3.63) is 34.7 Å². The normalized spacial score (nSPS) is 12.4. The van der Waals surface area contributed by atoms with Gasteiger partial charge in [0.05, 0.1) is 11.3 Å². The molecule has 0 aliphatic carbocycles. The Morgan fingerprint density at radius 1 is 1.58 bits per heavy atom. The van der Waals surface area contributed by atoms with Gasteiger partial charge in [-0.15, -0.1) is 11.3 Å². The molecular weight excluding hydrogens is 262 g/mol. The molecule has 102 valence electrons. The van der Waals surface area contributed by atoms with E-state index >= 15 is 0 Å². The molecule has 6 heteroatoms. The maximum absolute atomic E-state index is 11.9. The highest BCUT2D eigenvalue weighted by Gasteiger charge is 2.13. The summed E-state index contributed by atoms with van der Waals surface area (Å²) in [7, 11) is 0. The fourth-order valence-corrected chi connectivity index (χ4v) is 2.48. The van der Waals surface area contributed by atoms with E-state index in [1.165, 1.54) is 17.6 Å². The summed E-state index contributed by atoms with van der Waals surface area (Å²) in [5.74, 6) is 0.514. The quantitative estimate of drug-likeness (QED) is 0.883. The number of aryl methyl sites for hydroxylation is 1. The summed E-state index contributed by atoms with van der Waals surface area (Å²) < 4.78 is 5.11. The minimum absolute atomic E-state index is 0.183. The molecule has 0 radical (unpaired) electrons. The van der Waals surface area contributed by atoms with Crippen LogP contribution in [-0.4, -0.2) is 17.4 Å². The second-order valence-electron chi connectivity index (χ2n) is 4.26. The number of carbonyl (C=O) groups excluding carboxylic acids is 1. The van der Waals surface area contributed by atoms with Crippen molar-refractivity contribution < 1.29 is 9.21 Å². The molecule has 2 aromatic rings. The SMILES string of the molecule is CCNC(C)c1csc(NC(=O)c2coc(C)c2)n1. The lowest BCUT2D eigenvalue weighted by Crippen LogP contribution is -2.18. The molecule has 0 aliphatic heterocycles. The molecular formula is C13H17N3O2S. The van der Waals surface area contributed by atoms with Gasteiger partial charge >= 0.3 is 0 Å². The Bertz CT molecular complexity index is 562. The van der Waals surface area contributed by atoms with Gasteiger partial charge in [-0.25, -0.2) is 4.98 Å². The Kier molecular flexibility index (Phi) is 4.34. The van der Waals surface area contributed by atoms with E-state index in [-0.39, 0.29) is 11.9 Å². The number of furan rings is 1. The van der Waals surface area contributed by atoms with Crippen LogP contribution in [0.25, 0.3) is 0 Å². The standard InChI is InChI=1S/C13H17N3O2S/c1-4-14-9(3)11-7-19-13(15-11)16-12(17)10-5-8(2)18-6-10/h5-7,9,14H,4H2,1-3H3,(H,15,16,17). The van der Waals surface area contributed by atoms with Gasteiger partial charge in [-0.05, 0) is 26.5 Å². The number of amides is 1. The van der Waals surface area contributed by atoms with Crippen LogP contribution in [0.1, 0.15) is 41.7 Å². The molecule has 2 aromatic heterocycles. The fourth-order valence-electron chi connectivity index (χ4n) is 1.69. The van der Waals surface area contributed by atoms with E-state index in [4.69, 9.17) is 4.42 Å². The largest absolute Gasteiger partial charge is 0.469 e. The van der Waals surface area contributed by atoms with Crippen molar-refractivity contribution in [1.29, 1.82) is 0 Å². The third-order valence-electron chi connectivity index (χ3n) is 2.69. The number of rotatable bonds is 5. The summed E-state index contributed by atoms with van der Waals surface area (Å²) in [6, 6.07) is 1.88. The Labute approximate surface area is 116 Å². The maximum Gasteiger partial charge on any atom is 0.260 e. The van der Waals surface area contributed by atoms with Crippen molar-refractivity contribution in [3.8, 4) is 0 Å². The van der Waals surface area contributed by atoms with Crippen molar-refractivity contribution in [3.63, 3.8) is 0 Å². The van der Waals surface area contributed by atoms with Crippen LogP contribution in [0.2, 0.25) is 0 Å². The van der Waals surface area contributed by atoms with Crippen LogP contribution in [0.4, 0.5) is 5.13 Å². The molecule has 0 saturated heterocycles. The molecule has 2 rings (SSSR count). The van der Waals surface area contributed by atoms with Gasteiger partial charge in [-0.1, -0.05) is 6.92 Å². The Morgan fingerprint density at radius 2 is 2.37 bits per heavy atom. The van der Waals surface area contributed by atoms with Crippen molar-refractivity contribution in [2.75, 3.05) is 11.9 Å². The number of thiazole rings is 1. The molecule has 0 aromatic carbocycles. The Morgan fingerprint density at radius 3 is 3.00 bits per heavy atom. The Hall–Kier alpha value is -1.66. The van der Waals surface area contributed by atoms with Crippen LogP contribution in [0, 0.1) is 6.92 Å². The number of nitrogens with zero attached hydrogens (tertiary/aromatic N) is 1. The van der Waals surface area contributed by atoms with Crippen LogP contribution in [-0.2, 0) is 0 Å². The molecule has 2 N–H and O–H groups in total. The zero-order chi connectivity index (χ0) is 13.8. The van der Waals surface area contributed by atoms with E-state index in [2.05, 4.69) is 15.6 Å². The van der Waals surface area contributed by atoms with Crippen LogP contribution in [0.3, 0.4) is 0 Å². The number of hydrogen-bond donors (Lipinski definition) is 2. The number of hydrogen-bond acceptors (Lipinski definition) is 5. The van der Waals surface area contributed by atoms with Crippen LogP contribution in [0.15, 0.2) is 22.1 Å². The number of anilines is 1. The lowest BCUT2D eigenvalue weighted by molar-refractivity contribution is 0.102. The molecule has 0 fully saturated rings. The average Bonchev–Trinajstić information content (AvgIpc) is 2.98.